The molecule has 0 radical (unpaired) electrons. The van der Waals surface area contributed by atoms with Gasteiger partial charge in [-0.1, -0.05) is 39.3 Å². The second-order valence-corrected chi connectivity index (χ2v) is 22.2. The van der Waals surface area contributed by atoms with E-state index in [0.717, 1.165) is 36.7 Å². The SMILES string of the molecule is COc1cc(N)ccc1N1C[C@H](OCOCC[Si](C)(C)C)[C@@H](OCOCC[Si](C)(C)C)C1. The van der Waals surface area contributed by atoms with Gasteiger partial charge in [-0.15, -0.1) is 0 Å². The van der Waals surface area contributed by atoms with Gasteiger partial charge in [0.2, 0.25) is 0 Å². The van der Waals surface area contributed by atoms with Crippen molar-refractivity contribution in [2.24, 2.45) is 0 Å². The van der Waals surface area contributed by atoms with E-state index in [1.165, 1.54) is 0 Å². The summed E-state index contributed by atoms with van der Waals surface area (Å²) in [4.78, 5) is 2.22. The van der Waals surface area contributed by atoms with Crippen molar-refractivity contribution < 1.29 is 23.7 Å². The van der Waals surface area contributed by atoms with Crippen LogP contribution in [-0.2, 0) is 18.9 Å². The Morgan fingerprint density at radius 1 is 0.875 bits per heavy atom. The van der Waals surface area contributed by atoms with Crippen LogP contribution in [0.3, 0.4) is 0 Å². The standard InChI is InChI=1S/C23H44N2O5Si2/c1-26-21-14-19(24)8-9-20(21)25-15-22(29-17-27-10-12-31(2,3)4)23(16-25)30-18-28-11-13-32(5,6)7/h8-9,14,22-23H,10-13,15-18,24H2,1-7H3/t22-,23-/m0/s1. The topological polar surface area (TPSA) is 75.4 Å². The van der Waals surface area contributed by atoms with E-state index >= 15 is 0 Å². The maximum atomic E-state index is 6.10. The molecule has 1 heterocycles. The molecule has 1 aromatic carbocycles. The molecule has 0 aliphatic carbocycles. The van der Waals surface area contributed by atoms with Crippen molar-refractivity contribution in [1.82, 2.24) is 0 Å². The van der Waals surface area contributed by atoms with E-state index in [2.05, 4.69) is 44.2 Å². The minimum absolute atomic E-state index is 0.107. The molecule has 2 rings (SSSR count). The van der Waals surface area contributed by atoms with Gasteiger partial charge in [-0.05, 0) is 24.2 Å². The molecule has 1 aromatic rings. The Bertz CT molecular complexity index is 662. The van der Waals surface area contributed by atoms with Gasteiger partial charge in [0, 0.05) is 54.2 Å². The van der Waals surface area contributed by atoms with Gasteiger partial charge in [0.1, 0.15) is 31.5 Å². The summed E-state index contributed by atoms with van der Waals surface area (Å²) in [5, 5.41) is 0. The molecule has 2 atom stereocenters. The van der Waals surface area contributed by atoms with Gasteiger partial charge in [0.25, 0.3) is 0 Å². The van der Waals surface area contributed by atoms with Gasteiger partial charge in [-0.2, -0.15) is 0 Å². The largest absolute Gasteiger partial charge is 0.495 e. The summed E-state index contributed by atoms with van der Waals surface area (Å²) in [5.74, 6) is 0.752. The fourth-order valence-corrected chi connectivity index (χ4v) is 4.88. The van der Waals surface area contributed by atoms with Gasteiger partial charge >= 0.3 is 0 Å². The van der Waals surface area contributed by atoms with E-state index in [4.69, 9.17) is 29.4 Å². The quantitative estimate of drug-likeness (QED) is 0.180. The van der Waals surface area contributed by atoms with E-state index < -0.39 is 16.1 Å². The van der Waals surface area contributed by atoms with Crippen LogP contribution in [0.25, 0.3) is 0 Å². The summed E-state index contributed by atoms with van der Waals surface area (Å²) in [6, 6.07) is 7.98. The average molecular weight is 485 g/mol. The van der Waals surface area contributed by atoms with Crippen LogP contribution in [0.5, 0.6) is 5.75 Å². The fraction of sp³-hybridized carbons (Fsp3) is 0.739. The number of anilines is 2. The smallest absolute Gasteiger partial charge is 0.147 e. The normalized spacial score (nSPS) is 19.5. The maximum absolute atomic E-state index is 6.10. The highest BCUT2D eigenvalue weighted by molar-refractivity contribution is 6.76. The third-order valence-electron chi connectivity index (χ3n) is 5.48. The second-order valence-electron chi connectivity index (χ2n) is 10.9. The van der Waals surface area contributed by atoms with Gasteiger partial charge in [-0.3, -0.25) is 0 Å². The summed E-state index contributed by atoms with van der Waals surface area (Å²) in [6.07, 6.45) is -0.213. The molecule has 184 valence electrons. The Labute approximate surface area is 196 Å². The Morgan fingerprint density at radius 3 is 1.81 bits per heavy atom. The van der Waals surface area contributed by atoms with Crippen LogP contribution in [-0.4, -0.2) is 75.4 Å². The molecule has 9 heteroatoms. The third kappa shape index (κ3) is 9.80. The predicted octanol–water partition coefficient (Wildman–Crippen LogP) is 4.49. The van der Waals surface area contributed by atoms with Crippen LogP contribution < -0.4 is 15.4 Å². The first-order valence-corrected chi connectivity index (χ1v) is 19.0. The molecular formula is C23H44N2O5Si2. The van der Waals surface area contributed by atoms with Crippen molar-refractivity contribution >= 4 is 27.5 Å². The molecule has 0 bridgehead atoms. The Balaban J connectivity index is 1.93. The number of hydrogen-bond acceptors (Lipinski definition) is 7. The first-order valence-electron chi connectivity index (χ1n) is 11.6. The number of hydrogen-bond donors (Lipinski definition) is 1. The van der Waals surface area contributed by atoms with Crippen LogP contribution >= 0.6 is 0 Å². The molecule has 32 heavy (non-hydrogen) atoms. The third-order valence-corrected chi connectivity index (χ3v) is 8.89. The van der Waals surface area contributed by atoms with Crippen LogP contribution in [0.15, 0.2) is 18.2 Å². The highest BCUT2D eigenvalue weighted by Gasteiger charge is 2.36. The number of nitrogens with zero attached hydrogens (tertiary/aromatic N) is 1. The highest BCUT2D eigenvalue weighted by Crippen LogP contribution is 2.33. The lowest BCUT2D eigenvalue weighted by Gasteiger charge is -2.21. The van der Waals surface area contributed by atoms with Crippen molar-refractivity contribution in [2.75, 3.05) is 57.6 Å². The summed E-state index contributed by atoms with van der Waals surface area (Å²) >= 11 is 0. The van der Waals surface area contributed by atoms with Crippen LogP contribution in [0.4, 0.5) is 11.4 Å². The Kier molecular flexibility index (Phi) is 10.5. The van der Waals surface area contributed by atoms with E-state index in [9.17, 15) is 0 Å². The van der Waals surface area contributed by atoms with Crippen molar-refractivity contribution in [2.45, 2.75) is 63.6 Å². The van der Waals surface area contributed by atoms with Crippen LogP contribution in [0.2, 0.25) is 51.4 Å². The van der Waals surface area contributed by atoms with Gasteiger partial charge in [0.05, 0.1) is 12.8 Å². The Morgan fingerprint density at radius 2 is 1.38 bits per heavy atom. The zero-order valence-electron chi connectivity index (χ0n) is 21.1. The van der Waals surface area contributed by atoms with Crippen LogP contribution in [0, 0.1) is 0 Å². The maximum Gasteiger partial charge on any atom is 0.147 e. The zero-order valence-corrected chi connectivity index (χ0v) is 23.1. The molecule has 1 saturated heterocycles. The molecule has 2 N–H and O–H groups in total. The lowest BCUT2D eigenvalue weighted by Crippen LogP contribution is -2.32. The lowest BCUT2D eigenvalue weighted by atomic mass is 10.2. The molecule has 1 aliphatic heterocycles. The number of nitrogen functional groups attached to an aromatic ring is 1. The minimum Gasteiger partial charge on any atom is -0.495 e. The number of rotatable bonds is 14. The van der Waals surface area contributed by atoms with Gasteiger partial charge < -0.3 is 34.3 Å². The predicted molar refractivity (Wildman–Crippen MR) is 137 cm³/mol. The first kappa shape index (κ1) is 27.1. The molecule has 0 spiro atoms. The molecule has 0 saturated carbocycles. The highest BCUT2D eigenvalue weighted by atomic mass is 28.3. The minimum atomic E-state index is -1.11. The fourth-order valence-electron chi connectivity index (χ4n) is 3.36. The van der Waals surface area contributed by atoms with Gasteiger partial charge in [-0.25, -0.2) is 0 Å². The van der Waals surface area contributed by atoms with Crippen molar-refractivity contribution in [3.05, 3.63) is 18.2 Å². The van der Waals surface area contributed by atoms with Crippen molar-refractivity contribution in [3.8, 4) is 5.75 Å². The molecule has 1 aliphatic rings. The number of ether oxygens (including phenoxy) is 5. The summed E-state index contributed by atoms with van der Waals surface area (Å²) in [5.41, 5.74) is 7.59. The number of methoxy groups -OCH3 is 1. The monoisotopic (exact) mass is 484 g/mol. The van der Waals surface area contributed by atoms with Crippen LogP contribution in [0.1, 0.15) is 0 Å². The average Bonchev–Trinajstić information content (AvgIpc) is 3.08. The number of benzene rings is 1. The molecule has 1 fully saturated rings. The van der Waals surface area contributed by atoms with Crippen molar-refractivity contribution in [3.63, 3.8) is 0 Å². The molecule has 0 aromatic heterocycles. The summed E-state index contributed by atoms with van der Waals surface area (Å²) in [6.45, 7) is 17.5. The summed E-state index contributed by atoms with van der Waals surface area (Å²) < 4.78 is 29.3. The summed E-state index contributed by atoms with van der Waals surface area (Å²) in [7, 11) is -0.564. The number of nitrogens with two attached hydrogens (primary N) is 1. The zero-order chi connectivity index (χ0) is 23.8. The van der Waals surface area contributed by atoms with Gasteiger partial charge in [0.15, 0.2) is 0 Å². The molecular weight excluding hydrogens is 440 g/mol. The van der Waals surface area contributed by atoms with E-state index in [1.807, 2.05) is 18.2 Å². The molecule has 7 nitrogen and oxygen atoms in total. The Hall–Kier alpha value is -1.11. The van der Waals surface area contributed by atoms with Crippen molar-refractivity contribution in [1.29, 1.82) is 0 Å². The second kappa shape index (κ2) is 12.4. The molecule has 0 amide bonds. The lowest BCUT2D eigenvalue weighted by molar-refractivity contribution is -0.149. The van der Waals surface area contributed by atoms with E-state index in [-0.39, 0.29) is 25.8 Å². The first-order chi connectivity index (χ1) is 15.0. The van der Waals surface area contributed by atoms with E-state index in [1.54, 1.807) is 7.11 Å². The molecule has 0 unspecified atom stereocenters. The van der Waals surface area contributed by atoms with E-state index in [0.29, 0.717) is 18.8 Å².